The molecule has 1 atom stereocenters. The Balaban J connectivity index is 2.67. The van der Waals surface area contributed by atoms with Crippen LogP contribution in [0.3, 0.4) is 0 Å². The van der Waals surface area contributed by atoms with Gasteiger partial charge in [0.15, 0.2) is 0 Å². The molecule has 1 amide bonds. The lowest BCUT2D eigenvalue weighted by atomic mass is 9.96. The first-order chi connectivity index (χ1) is 7.61. The smallest absolute Gasteiger partial charge is 0.240 e. The maximum atomic E-state index is 12.1. The number of hydrogen-bond donors (Lipinski definition) is 0. The normalized spacial score (nSPS) is 16.3. The Morgan fingerprint density at radius 3 is 2.44 bits per heavy atom. The molecule has 1 saturated carbocycles. The summed E-state index contributed by atoms with van der Waals surface area (Å²) in [6, 6.07) is 4.39. The van der Waals surface area contributed by atoms with Gasteiger partial charge in [-0.25, -0.2) is 0 Å². The van der Waals surface area contributed by atoms with Crippen molar-refractivity contribution in [3.63, 3.8) is 0 Å². The third-order valence-electron chi connectivity index (χ3n) is 2.81. The van der Waals surface area contributed by atoms with Crippen molar-refractivity contribution < 1.29 is 4.79 Å². The number of hydrogen-bond acceptors (Lipinski definition) is 3. The second kappa shape index (κ2) is 5.51. The number of nitrogens with zero attached hydrogens (tertiary/aromatic N) is 3. The van der Waals surface area contributed by atoms with Crippen molar-refractivity contribution in [2.45, 2.75) is 39.2 Å². The van der Waals surface area contributed by atoms with E-state index in [4.69, 9.17) is 10.5 Å². The summed E-state index contributed by atoms with van der Waals surface area (Å²) >= 11 is 0. The molecule has 4 heteroatoms. The molecule has 16 heavy (non-hydrogen) atoms. The first-order valence-electron chi connectivity index (χ1n) is 5.68. The monoisotopic (exact) mass is 219 g/mol. The van der Waals surface area contributed by atoms with Crippen molar-refractivity contribution >= 4 is 5.91 Å². The van der Waals surface area contributed by atoms with Crippen LogP contribution in [-0.4, -0.2) is 23.4 Å². The fraction of sp³-hybridized carbons (Fsp3) is 0.750. The fourth-order valence-corrected chi connectivity index (χ4v) is 1.70. The zero-order valence-electron chi connectivity index (χ0n) is 9.81. The lowest BCUT2D eigenvalue weighted by molar-refractivity contribution is -0.135. The van der Waals surface area contributed by atoms with E-state index in [1.54, 1.807) is 4.90 Å². The summed E-state index contributed by atoms with van der Waals surface area (Å²) in [6.45, 7) is 4.22. The molecule has 1 rings (SSSR count). The molecular weight excluding hydrogens is 202 g/mol. The van der Waals surface area contributed by atoms with Gasteiger partial charge in [0.1, 0.15) is 5.92 Å². The van der Waals surface area contributed by atoms with Gasteiger partial charge in [0.25, 0.3) is 0 Å². The molecule has 0 N–H and O–H groups in total. The van der Waals surface area contributed by atoms with Crippen molar-refractivity contribution in [3.05, 3.63) is 0 Å². The van der Waals surface area contributed by atoms with Crippen molar-refractivity contribution in [1.29, 1.82) is 10.5 Å². The lowest BCUT2D eigenvalue weighted by Gasteiger charge is -2.25. The van der Waals surface area contributed by atoms with Gasteiger partial charge in [-0.3, -0.25) is 4.79 Å². The zero-order valence-corrected chi connectivity index (χ0v) is 9.81. The molecule has 1 aliphatic carbocycles. The second-order valence-electron chi connectivity index (χ2n) is 4.52. The number of rotatable bonds is 5. The molecule has 0 radical (unpaired) electrons. The first kappa shape index (κ1) is 12.5. The fourth-order valence-electron chi connectivity index (χ4n) is 1.70. The minimum atomic E-state index is -0.570. The van der Waals surface area contributed by atoms with Gasteiger partial charge in [-0.1, -0.05) is 13.8 Å². The lowest BCUT2D eigenvalue weighted by Crippen LogP contribution is -2.39. The van der Waals surface area contributed by atoms with E-state index in [1.807, 2.05) is 19.9 Å². The molecule has 0 aromatic heterocycles. The van der Waals surface area contributed by atoms with Crippen LogP contribution < -0.4 is 0 Å². The van der Waals surface area contributed by atoms with Crippen LogP contribution in [0.5, 0.6) is 0 Å². The molecule has 0 bridgehead atoms. The number of amides is 1. The van der Waals surface area contributed by atoms with Crippen LogP contribution in [0.2, 0.25) is 0 Å². The molecule has 86 valence electrons. The summed E-state index contributed by atoms with van der Waals surface area (Å²) < 4.78 is 0. The predicted octanol–water partition coefficient (Wildman–Crippen LogP) is 1.69. The van der Waals surface area contributed by atoms with E-state index in [-0.39, 0.29) is 17.9 Å². The van der Waals surface area contributed by atoms with Crippen LogP contribution in [-0.2, 0) is 4.79 Å². The SMILES string of the molecule is CC(C)C(C#N)C(=O)N(CCC#N)C1CC1. The largest absolute Gasteiger partial charge is 0.338 e. The highest BCUT2D eigenvalue weighted by molar-refractivity contribution is 5.82. The van der Waals surface area contributed by atoms with E-state index < -0.39 is 5.92 Å². The maximum absolute atomic E-state index is 12.1. The Labute approximate surface area is 96.5 Å². The highest BCUT2D eigenvalue weighted by atomic mass is 16.2. The molecule has 0 aliphatic heterocycles. The van der Waals surface area contributed by atoms with Crippen LogP contribution >= 0.6 is 0 Å². The van der Waals surface area contributed by atoms with Crippen LogP contribution in [0.4, 0.5) is 0 Å². The predicted molar refractivity (Wildman–Crippen MR) is 58.9 cm³/mol. The summed E-state index contributed by atoms with van der Waals surface area (Å²) in [7, 11) is 0. The van der Waals surface area contributed by atoms with Crippen LogP contribution in [0.1, 0.15) is 33.1 Å². The van der Waals surface area contributed by atoms with Crippen molar-refractivity contribution in [2.24, 2.45) is 11.8 Å². The summed E-state index contributed by atoms with van der Waals surface area (Å²) in [4.78, 5) is 13.8. The van der Waals surface area contributed by atoms with E-state index >= 15 is 0 Å². The molecular formula is C12H17N3O. The van der Waals surface area contributed by atoms with Crippen LogP contribution in [0, 0.1) is 34.5 Å². The van der Waals surface area contributed by atoms with Gasteiger partial charge in [0.05, 0.1) is 18.6 Å². The van der Waals surface area contributed by atoms with Crippen LogP contribution in [0.15, 0.2) is 0 Å². The van der Waals surface area contributed by atoms with Crippen LogP contribution in [0.25, 0.3) is 0 Å². The molecule has 1 unspecified atom stereocenters. The minimum absolute atomic E-state index is 0.0286. The molecule has 0 spiro atoms. The van der Waals surface area contributed by atoms with E-state index in [0.717, 1.165) is 12.8 Å². The number of carbonyl (C=O) groups excluding carboxylic acids is 1. The number of carbonyl (C=O) groups is 1. The summed E-state index contributed by atoms with van der Waals surface area (Å²) in [5, 5.41) is 17.5. The van der Waals surface area contributed by atoms with E-state index in [1.165, 1.54) is 0 Å². The third kappa shape index (κ3) is 2.97. The molecule has 0 saturated heterocycles. The molecule has 0 aromatic rings. The van der Waals surface area contributed by atoms with Gasteiger partial charge < -0.3 is 4.90 Å². The standard InChI is InChI=1S/C12H17N3O/c1-9(2)11(8-14)12(16)15(7-3-6-13)10-4-5-10/h9-11H,3-5,7H2,1-2H3. The van der Waals surface area contributed by atoms with Crippen molar-refractivity contribution in [1.82, 2.24) is 4.90 Å². The Bertz CT molecular complexity index is 333. The Kier molecular flexibility index (Phi) is 4.31. The Morgan fingerprint density at radius 2 is 2.06 bits per heavy atom. The summed E-state index contributed by atoms with van der Waals surface area (Å²) in [5.74, 6) is -0.643. The van der Waals surface area contributed by atoms with E-state index in [2.05, 4.69) is 6.07 Å². The van der Waals surface area contributed by atoms with Gasteiger partial charge in [-0.2, -0.15) is 10.5 Å². The van der Waals surface area contributed by atoms with E-state index in [0.29, 0.717) is 13.0 Å². The van der Waals surface area contributed by atoms with Crippen molar-refractivity contribution in [2.75, 3.05) is 6.54 Å². The van der Waals surface area contributed by atoms with Gasteiger partial charge in [0, 0.05) is 12.6 Å². The minimum Gasteiger partial charge on any atom is -0.338 e. The second-order valence-corrected chi connectivity index (χ2v) is 4.52. The number of nitriles is 2. The van der Waals surface area contributed by atoms with Gasteiger partial charge in [0.2, 0.25) is 5.91 Å². The molecule has 0 heterocycles. The molecule has 0 aromatic carbocycles. The third-order valence-corrected chi connectivity index (χ3v) is 2.81. The highest BCUT2D eigenvalue weighted by Gasteiger charge is 2.36. The van der Waals surface area contributed by atoms with Gasteiger partial charge >= 0.3 is 0 Å². The molecule has 1 aliphatic rings. The van der Waals surface area contributed by atoms with Gasteiger partial charge in [-0.15, -0.1) is 0 Å². The first-order valence-corrected chi connectivity index (χ1v) is 5.68. The topological polar surface area (TPSA) is 67.9 Å². The summed E-state index contributed by atoms with van der Waals surface area (Å²) in [6.07, 6.45) is 2.36. The van der Waals surface area contributed by atoms with Crippen molar-refractivity contribution in [3.8, 4) is 12.1 Å². The maximum Gasteiger partial charge on any atom is 0.240 e. The Morgan fingerprint density at radius 1 is 1.44 bits per heavy atom. The van der Waals surface area contributed by atoms with Gasteiger partial charge in [-0.05, 0) is 18.8 Å². The highest BCUT2D eigenvalue weighted by Crippen LogP contribution is 2.29. The zero-order chi connectivity index (χ0) is 12.1. The van der Waals surface area contributed by atoms with E-state index in [9.17, 15) is 4.79 Å². The quantitative estimate of drug-likeness (QED) is 0.706. The Hall–Kier alpha value is -1.55. The average Bonchev–Trinajstić information content (AvgIpc) is 3.03. The average molecular weight is 219 g/mol. The molecule has 4 nitrogen and oxygen atoms in total. The summed E-state index contributed by atoms with van der Waals surface area (Å²) in [5.41, 5.74) is 0. The molecule has 1 fully saturated rings.